The van der Waals surface area contributed by atoms with Gasteiger partial charge in [-0.15, -0.1) is 11.3 Å². The topological polar surface area (TPSA) is 81.2 Å². The van der Waals surface area contributed by atoms with Crippen molar-refractivity contribution < 1.29 is 14.3 Å². The van der Waals surface area contributed by atoms with E-state index in [0.717, 1.165) is 46.6 Å². The molecular weight excluding hydrogens is 326 g/mol. The smallest absolute Gasteiger partial charge is 0.305 e. The Morgan fingerprint density at radius 3 is 2.58 bits per heavy atom. The van der Waals surface area contributed by atoms with Crippen molar-refractivity contribution in [3.05, 3.63) is 22.0 Å². The minimum absolute atomic E-state index is 0.0690. The molecular formula is C17H23N3O3S. The first kappa shape index (κ1) is 18.3. The molecule has 0 fully saturated rings. The van der Waals surface area contributed by atoms with Gasteiger partial charge >= 0.3 is 5.97 Å². The van der Waals surface area contributed by atoms with E-state index >= 15 is 0 Å². The molecule has 0 aliphatic rings. The van der Waals surface area contributed by atoms with Crippen molar-refractivity contribution in [1.29, 1.82) is 0 Å². The Morgan fingerprint density at radius 1 is 1.12 bits per heavy atom. The quantitative estimate of drug-likeness (QED) is 0.614. The molecule has 0 aromatic carbocycles. The van der Waals surface area contributed by atoms with Crippen LogP contribution < -0.4 is 5.32 Å². The van der Waals surface area contributed by atoms with Gasteiger partial charge in [0.05, 0.1) is 12.0 Å². The second-order valence-corrected chi connectivity index (χ2v) is 6.73. The minimum Gasteiger partial charge on any atom is -0.469 e. The molecule has 7 heteroatoms. The Morgan fingerprint density at radius 2 is 1.88 bits per heavy atom. The summed E-state index contributed by atoms with van der Waals surface area (Å²) < 4.78 is 4.59. The monoisotopic (exact) mass is 349 g/mol. The van der Waals surface area contributed by atoms with E-state index in [4.69, 9.17) is 0 Å². The van der Waals surface area contributed by atoms with Gasteiger partial charge in [0.1, 0.15) is 10.7 Å². The molecule has 0 saturated heterocycles. The molecule has 0 saturated carbocycles. The number of aromatic nitrogens is 2. The van der Waals surface area contributed by atoms with Crippen molar-refractivity contribution in [1.82, 2.24) is 15.3 Å². The highest BCUT2D eigenvalue weighted by Crippen LogP contribution is 2.31. The zero-order valence-electron chi connectivity index (χ0n) is 14.6. The maximum absolute atomic E-state index is 12.4. The number of nitrogens with zero attached hydrogens (tertiary/aromatic N) is 2. The van der Waals surface area contributed by atoms with Crippen LogP contribution in [0.3, 0.4) is 0 Å². The van der Waals surface area contributed by atoms with Gasteiger partial charge in [-0.3, -0.25) is 9.59 Å². The Bertz CT molecular complexity index is 755. The van der Waals surface area contributed by atoms with E-state index < -0.39 is 0 Å². The van der Waals surface area contributed by atoms with Crippen LogP contribution in [0.1, 0.15) is 52.4 Å². The number of amides is 1. The second kappa shape index (κ2) is 8.19. The number of aryl methyl sites for hydroxylation is 3. The van der Waals surface area contributed by atoms with Crippen molar-refractivity contribution in [3.8, 4) is 0 Å². The lowest BCUT2D eigenvalue weighted by Gasteiger charge is -2.04. The van der Waals surface area contributed by atoms with Crippen molar-refractivity contribution in [2.75, 3.05) is 13.7 Å². The Labute approximate surface area is 145 Å². The summed E-state index contributed by atoms with van der Waals surface area (Å²) in [6.45, 7) is 6.34. The van der Waals surface area contributed by atoms with E-state index in [1.807, 2.05) is 20.8 Å². The van der Waals surface area contributed by atoms with E-state index in [0.29, 0.717) is 17.8 Å². The lowest BCUT2D eigenvalue weighted by molar-refractivity contribution is -0.140. The van der Waals surface area contributed by atoms with Gasteiger partial charge < -0.3 is 10.1 Å². The largest absolute Gasteiger partial charge is 0.469 e. The van der Waals surface area contributed by atoms with Gasteiger partial charge in [-0.1, -0.05) is 6.42 Å². The third-order valence-electron chi connectivity index (χ3n) is 3.86. The van der Waals surface area contributed by atoms with Crippen LogP contribution in [-0.2, 0) is 9.53 Å². The molecule has 2 aromatic heterocycles. The van der Waals surface area contributed by atoms with E-state index in [1.165, 1.54) is 18.4 Å². The maximum Gasteiger partial charge on any atom is 0.305 e. The van der Waals surface area contributed by atoms with Gasteiger partial charge in [0.15, 0.2) is 0 Å². The molecule has 0 aliphatic heterocycles. The van der Waals surface area contributed by atoms with Gasteiger partial charge in [0.2, 0.25) is 0 Å². The molecule has 0 unspecified atom stereocenters. The fourth-order valence-corrected chi connectivity index (χ4v) is 3.84. The van der Waals surface area contributed by atoms with Crippen molar-refractivity contribution >= 4 is 33.4 Å². The first-order chi connectivity index (χ1) is 11.4. The van der Waals surface area contributed by atoms with Crippen molar-refractivity contribution in [2.24, 2.45) is 0 Å². The highest BCUT2D eigenvalue weighted by molar-refractivity contribution is 7.20. The van der Waals surface area contributed by atoms with Crippen molar-refractivity contribution in [3.63, 3.8) is 0 Å². The normalized spacial score (nSPS) is 10.8. The predicted molar refractivity (Wildman–Crippen MR) is 94.4 cm³/mol. The Hall–Kier alpha value is -2.02. The zero-order chi connectivity index (χ0) is 17.7. The van der Waals surface area contributed by atoms with Crippen LogP contribution in [-0.4, -0.2) is 35.5 Å². The molecule has 0 radical (unpaired) electrons. The van der Waals surface area contributed by atoms with Gasteiger partial charge in [0.25, 0.3) is 5.91 Å². The summed E-state index contributed by atoms with van der Waals surface area (Å²) >= 11 is 1.41. The Kier molecular flexibility index (Phi) is 6.25. The van der Waals surface area contributed by atoms with Crippen molar-refractivity contribution in [2.45, 2.75) is 46.5 Å². The summed E-state index contributed by atoms with van der Waals surface area (Å²) in [6, 6.07) is 0. The molecule has 0 bridgehead atoms. The van der Waals surface area contributed by atoms with Crippen LogP contribution in [0.4, 0.5) is 0 Å². The molecule has 1 N–H and O–H groups in total. The molecule has 0 aliphatic carbocycles. The van der Waals surface area contributed by atoms with Crippen LogP contribution in [0.25, 0.3) is 10.2 Å². The number of methoxy groups -OCH3 is 1. The molecule has 0 atom stereocenters. The first-order valence-corrected chi connectivity index (χ1v) is 8.85. The SMILES string of the molecule is COC(=O)CCCCCNC(=O)c1sc2nc(C)nc(C)c2c1C. The summed E-state index contributed by atoms with van der Waals surface area (Å²) in [5, 5.41) is 3.92. The summed E-state index contributed by atoms with van der Waals surface area (Å²) in [5.74, 6) is 0.464. The third kappa shape index (κ3) is 4.29. The average molecular weight is 349 g/mol. The first-order valence-electron chi connectivity index (χ1n) is 8.03. The number of esters is 1. The molecule has 1 amide bonds. The number of unbranched alkanes of at least 4 members (excludes halogenated alkanes) is 2. The Balaban J connectivity index is 1.91. The number of carbonyl (C=O) groups is 2. The number of hydrogen-bond donors (Lipinski definition) is 1. The molecule has 2 heterocycles. The number of ether oxygens (including phenoxy) is 1. The van der Waals surface area contributed by atoms with Gasteiger partial charge in [-0.25, -0.2) is 9.97 Å². The van der Waals surface area contributed by atoms with Crippen LogP contribution >= 0.6 is 11.3 Å². The lowest BCUT2D eigenvalue weighted by Crippen LogP contribution is -2.24. The van der Waals surface area contributed by atoms with Crippen LogP contribution in [0.2, 0.25) is 0 Å². The number of thiophene rings is 1. The third-order valence-corrected chi connectivity index (χ3v) is 5.04. The molecule has 2 aromatic rings. The number of hydrogen-bond acceptors (Lipinski definition) is 6. The van der Waals surface area contributed by atoms with Crippen LogP contribution in [0.5, 0.6) is 0 Å². The molecule has 130 valence electrons. The number of nitrogens with one attached hydrogen (secondary N) is 1. The van der Waals surface area contributed by atoms with E-state index in [1.54, 1.807) is 0 Å². The molecule has 0 spiro atoms. The summed E-state index contributed by atoms with van der Waals surface area (Å²) in [4.78, 5) is 33.8. The highest BCUT2D eigenvalue weighted by atomic mass is 32.1. The van der Waals surface area contributed by atoms with E-state index in [-0.39, 0.29) is 11.9 Å². The average Bonchev–Trinajstić information content (AvgIpc) is 2.87. The standard InChI is InChI=1S/C17H23N3O3S/c1-10-14-11(2)19-12(3)20-17(14)24-15(10)16(22)18-9-7-5-6-8-13(21)23-4/h5-9H2,1-4H3,(H,18,22). The fourth-order valence-electron chi connectivity index (χ4n) is 2.65. The molecule has 6 nitrogen and oxygen atoms in total. The van der Waals surface area contributed by atoms with Crippen LogP contribution in [0.15, 0.2) is 0 Å². The minimum atomic E-state index is -0.188. The number of carbonyl (C=O) groups excluding carboxylic acids is 2. The number of rotatable bonds is 7. The fraction of sp³-hybridized carbons (Fsp3) is 0.529. The van der Waals surface area contributed by atoms with Gasteiger partial charge in [-0.2, -0.15) is 0 Å². The van der Waals surface area contributed by atoms with Crippen LogP contribution in [0, 0.1) is 20.8 Å². The molecule has 2 rings (SSSR count). The summed E-state index contributed by atoms with van der Waals surface area (Å²) in [6.07, 6.45) is 2.92. The van der Waals surface area contributed by atoms with Gasteiger partial charge in [0, 0.05) is 24.0 Å². The lowest BCUT2D eigenvalue weighted by atomic mass is 10.1. The summed E-state index contributed by atoms with van der Waals surface area (Å²) in [7, 11) is 1.39. The van der Waals surface area contributed by atoms with Gasteiger partial charge in [-0.05, 0) is 39.2 Å². The van der Waals surface area contributed by atoms with E-state index in [2.05, 4.69) is 20.0 Å². The predicted octanol–water partition coefficient (Wildman–Crippen LogP) is 3.08. The zero-order valence-corrected chi connectivity index (χ0v) is 15.4. The van der Waals surface area contributed by atoms with E-state index in [9.17, 15) is 9.59 Å². The molecule has 24 heavy (non-hydrogen) atoms. The number of fused-ring (bicyclic) bond motifs is 1. The second-order valence-electron chi connectivity index (χ2n) is 5.74. The maximum atomic E-state index is 12.4. The summed E-state index contributed by atoms with van der Waals surface area (Å²) in [5.41, 5.74) is 1.85. The highest BCUT2D eigenvalue weighted by Gasteiger charge is 2.18.